The first kappa shape index (κ1) is 13.3. The number of ether oxygens (including phenoxy) is 1. The Morgan fingerprint density at radius 3 is 2.65 bits per heavy atom. The van der Waals surface area contributed by atoms with E-state index >= 15 is 0 Å². The Bertz CT molecular complexity index is 232. The van der Waals surface area contributed by atoms with Crippen LogP contribution in [0.4, 0.5) is 0 Å². The lowest BCUT2D eigenvalue weighted by Gasteiger charge is -2.44. The highest BCUT2D eigenvalue weighted by Gasteiger charge is 2.33. The lowest BCUT2D eigenvalue weighted by atomic mass is 9.86. The van der Waals surface area contributed by atoms with Crippen molar-refractivity contribution < 1.29 is 4.74 Å². The number of piperidine rings is 1. The monoisotopic (exact) mass is 240 g/mol. The summed E-state index contributed by atoms with van der Waals surface area (Å²) in [5.74, 6) is 0.684. The van der Waals surface area contributed by atoms with Crippen LogP contribution in [0.2, 0.25) is 0 Å². The van der Waals surface area contributed by atoms with Gasteiger partial charge in [0.25, 0.3) is 0 Å². The second-order valence-corrected chi connectivity index (χ2v) is 5.88. The van der Waals surface area contributed by atoms with Crippen LogP contribution in [0.5, 0.6) is 0 Å². The van der Waals surface area contributed by atoms with Crippen molar-refractivity contribution in [1.82, 2.24) is 4.90 Å². The molecule has 17 heavy (non-hydrogen) atoms. The van der Waals surface area contributed by atoms with E-state index in [9.17, 15) is 0 Å². The Labute approximate surface area is 106 Å². The number of methoxy groups -OCH3 is 1. The Morgan fingerprint density at radius 2 is 1.94 bits per heavy atom. The van der Waals surface area contributed by atoms with Crippen LogP contribution in [-0.4, -0.2) is 43.3 Å². The number of nitrogens with two attached hydrogens (primary N) is 1. The maximum absolute atomic E-state index is 6.07. The van der Waals surface area contributed by atoms with Crippen molar-refractivity contribution >= 4 is 0 Å². The molecule has 2 fully saturated rings. The number of rotatable bonds is 3. The molecule has 2 rings (SSSR count). The van der Waals surface area contributed by atoms with Gasteiger partial charge in [-0.25, -0.2) is 0 Å². The molecule has 1 aliphatic heterocycles. The number of hydrogen-bond acceptors (Lipinski definition) is 3. The molecule has 3 nitrogen and oxygen atoms in total. The third-order valence-electron chi connectivity index (χ3n) is 4.67. The third kappa shape index (κ3) is 3.21. The van der Waals surface area contributed by atoms with Crippen molar-refractivity contribution in [2.75, 3.05) is 20.2 Å². The average molecular weight is 240 g/mol. The summed E-state index contributed by atoms with van der Waals surface area (Å²) in [7, 11) is 1.87. The van der Waals surface area contributed by atoms with Gasteiger partial charge < -0.3 is 10.5 Å². The van der Waals surface area contributed by atoms with Gasteiger partial charge in [0.2, 0.25) is 0 Å². The van der Waals surface area contributed by atoms with Crippen LogP contribution in [-0.2, 0) is 4.74 Å². The van der Waals surface area contributed by atoms with E-state index in [-0.39, 0.29) is 0 Å². The van der Waals surface area contributed by atoms with E-state index in [2.05, 4.69) is 11.8 Å². The summed E-state index contributed by atoms with van der Waals surface area (Å²) in [5.41, 5.74) is 6.07. The number of likely N-dealkylation sites (tertiary alicyclic amines) is 1. The maximum Gasteiger partial charge on any atom is 0.0726 e. The molecular weight excluding hydrogens is 212 g/mol. The zero-order valence-electron chi connectivity index (χ0n) is 11.4. The van der Waals surface area contributed by atoms with Gasteiger partial charge in [-0.15, -0.1) is 0 Å². The van der Waals surface area contributed by atoms with Crippen molar-refractivity contribution in [1.29, 1.82) is 0 Å². The summed E-state index contributed by atoms with van der Waals surface area (Å²) in [4.78, 5) is 2.66. The highest BCUT2D eigenvalue weighted by Crippen LogP contribution is 2.29. The molecule has 0 aromatic rings. The quantitative estimate of drug-likeness (QED) is 0.820. The van der Waals surface area contributed by atoms with Gasteiger partial charge in [0, 0.05) is 25.7 Å². The third-order valence-corrected chi connectivity index (χ3v) is 4.67. The molecule has 1 heterocycles. The van der Waals surface area contributed by atoms with Gasteiger partial charge in [0.1, 0.15) is 0 Å². The molecule has 1 saturated carbocycles. The summed E-state index contributed by atoms with van der Waals surface area (Å²) in [6.45, 7) is 4.58. The molecule has 1 aliphatic carbocycles. The lowest BCUT2D eigenvalue weighted by Crippen LogP contribution is -2.52. The van der Waals surface area contributed by atoms with E-state index in [0.717, 1.165) is 0 Å². The van der Waals surface area contributed by atoms with E-state index in [0.29, 0.717) is 24.1 Å². The second-order valence-electron chi connectivity index (χ2n) is 5.88. The fraction of sp³-hybridized carbons (Fsp3) is 1.00. The minimum absolute atomic E-state index is 0.336. The second kappa shape index (κ2) is 6.17. The maximum atomic E-state index is 6.07. The smallest absolute Gasteiger partial charge is 0.0726 e. The minimum Gasteiger partial charge on any atom is -0.380 e. The van der Waals surface area contributed by atoms with Gasteiger partial charge in [0.05, 0.1) is 6.10 Å². The van der Waals surface area contributed by atoms with Gasteiger partial charge >= 0.3 is 0 Å². The van der Waals surface area contributed by atoms with Crippen LogP contribution in [0.1, 0.15) is 45.4 Å². The minimum atomic E-state index is 0.336. The summed E-state index contributed by atoms with van der Waals surface area (Å²) in [6.07, 6.45) is 8.31. The molecule has 0 amide bonds. The highest BCUT2D eigenvalue weighted by molar-refractivity contribution is 4.88. The fourth-order valence-electron chi connectivity index (χ4n) is 3.54. The standard InChI is InChI=1S/C14H28N2O/c1-11(15)12-6-5-9-16(10-12)13-7-3-4-8-14(13)17-2/h11-14H,3-10,15H2,1-2H3. The molecule has 4 unspecified atom stereocenters. The van der Waals surface area contributed by atoms with Crippen molar-refractivity contribution in [2.45, 2.75) is 63.6 Å². The van der Waals surface area contributed by atoms with Crippen LogP contribution in [0.25, 0.3) is 0 Å². The van der Waals surface area contributed by atoms with Crippen molar-refractivity contribution in [2.24, 2.45) is 11.7 Å². The Morgan fingerprint density at radius 1 is 1.18 bits per heavy atom. The van der Waals surface area contributed by atoms with Gasteiger partial charge in [-0.2, -0.15) is 0 Å². The van der Waals surface area contributed by atoms with E-state index in [1.54, 1.807) is 0 Å². The zero-order chi connectivity index (χ0) is 12.3. The molecule has 0 bridgehead atoms. The first-order valence-corrected chi connectivity index (χ1v) is 7.24. The van der Waals surface area contributed by atoms with Gasteiger partial charge in [-0.3, -0.25) is 4.90 Å². The molecule has 3 heteroatoms. The summed E-state index contributed by atoms with van der Waals surface area (Å²) >= 11 is 0. The van der Waals surface area contributed by atoms with E-state index in [1.165, 1.54) is 51.6 Å². The predicted molar refractivity (Wildman–Crippen MR) is 71.0 cm³/mol. The first-order chi connectivity index (χ1) is 8.22. The topological polar surface area (TPSA) is 38.5 Å². The first-order valence-electron chi connectivity index (χ1n) is 7.24. The number of hydrogen-bond donors (Lipinski definition) is 1. The highest BCUT2D eigenvalue weighted by atomic mass is 16.5. The normalized spacial score (nSPS) is 37.9. The summed E-state index contributed by atoms with van der Waals surface area (Å²) in [6, 6.07) is 0.984. The predicted octanol–water partition coefficient (Wildman–Crippen LogP) is 2.00. The van der Waals surface area contributed by atoms with Crippen molar-refractivity contribution in [3.8, 4) is 0 Å². The molecule has 1 saturated heterocycles. The van der Waals surface area contributed by atoms with Gasteiger partial charge in [-0.05, 0) is 45.1 Å². The Kier molecular flexibility index (Phi) is 4.83. The average Bonchev–Trinajstić information content (AvgIpc) is 2.39. The van der Waals surface area contributed by atoms with Crippen molar-refractivity contribution in [3.63, 3.8) is 0 Å². The summed E-state index contributed by atoms with van der Waals surface area (Å²) < 4.78 is 5.68. The zero-order valence-corrected chi connectivity index (χ0v) is 11.4. The van der Waals surface area contributed by atoms with Gasteiger partial charge in [-0.1, -0.05) is 12.8 Å². The lowest BCUT2D eigenvalue weighted by molar-refractivity contribution is -0.0265. The molecule has 0 aromatic heterocycles. The van der Waals surface area contributed by atoms with Crippen LogP contribution < -0.4 is 5.73 Å². The van der Waals surface area contributed by atoms with Crippen molar-refractivity contribution in [3.05, 3.63) is 0 Å². The summed E-state index contributed by atoms with van der Waals surface area (Å²) in [5, 5.41) is 0. The van der Waals surface area contributed by atoms with E-state index in [4.69, 9.17) is 10.5 Å². The van der Waals surface area contributed by atoms with E-state index < -0.39 is 0 Å². The van der Waals surface area contributed by atoms with Crippen LogP contribution in [0.15, 0.2) is 0 Å². The van der Waals surface area contributed by atoms with Crippen LogP contribution in [0, 0.1) is 5.92 Å². The molecule has 2 aliphatic rings. The molecule has 0 aromatic carbocycles. The fourth-order valence-corrected chi connectivity index (χ4v) is 3.54. The Hall–Kier alpha value is -0.120. The molecule has 0 radical (unpaired) electrons. The van der Waals surface area contributed by atoms with Crippen LogP contribution in [0.3, 0.4) is 0 Å². The molecular formula is C14H28N2O. The molecule has 2 N–H and O–H groups in total. The molecule has 4 atom stereocenters. The number of nitrogens with zero attached hydrogens (tertiary/aromatic N) is 1. The van der Waals surface area contributed by atoms with E-state index in [1.807, 2.05) is 7.11 Å². The SMILES string of the molecule is COC1CCCCC1N1CCCC(C(C)N)C1. The molecule has 0 spiro atoms. The van der Waals surface area contributed by atoms with Crippen LogP contribution >= 0.6 is 0 Å². The van der Waals surface area contributed by atoms with Gasteiger partial charge in [0.15, 0.2) is 0 Å². The Balaban J connectivity index is 1.95. The molecule has 100 valence electrons. The largest absolute Gasteiger partial charge is 0.380 e.